The van der Waals surface area contributed by atoms with Crippen molar-refractivity contribution in [1.82, 2.24) is 5.32 Å². The number of likely N-dealkylation sites (N-methyl/N-ethyl adjacent to an activating group) is 1. The standard InChI is InChI=1S/C15H19Cl2N3O4S/c1-20(7-13(21)18-10-5-6-25(23,24)9-10)8-14(22)19-15-11(16)3-2-4-12(15)17/h2-4,10H,5-9H2,1H3,(H,18,21)(H,19,22)/p+1/t10-/m0/s1. The Balaban J connectivity index is 1.80. The number of carbonyl (C=O) groups excluding carboxylic acids is 2. The summed E-state index contributed by atoms with van der Waals surface area (Å²) in [6.45, 7) is 0.0954. The third kappa shape index (κ3) is 6.14. The fraction of sp³-hybridized carbons (Fsp3) is 0.467. The van der Waals surface area contributed by atoms with Crippen LogP contribution in [0.4, 0.5) is 5.69 Å². The van der Waals surface area contributed by atoms with Gasteiger partial charge in [0.1, 0.15) is 0 Å². The smallest absolute Gasteiger partial charge is 0.279 e. The lowest BCUT2D eigenvalue weighted by Gasteiger charge is -2.16. The van der Waals surface area contributed by atoms with E-state index in [2.05, 4.69) is 10.6 Å². The molecular formula is C15H20Cl2N3O4S+. The van der Waals surface area contributed by atoms with Crippen LogP contribution in [0.3, 0.4) is 0 Å². The van der Waals surface area contributed by atoms with Crippen molar-refractivity contribution in [2.24, 2.45) is 0 Å². The van der Waals surface area contributed by atoms with Crippen LogP contribution in [0.2, 0.25) is 10.0 Å². The Hall–Kier alpha value is -1.35. The first-order valence-electron chi connectivity index (χ1n) is 7.71. The van der Waals surface area contributed by atoms with Gasteiger partial charge in [0, 0.05) is 6.04 Å². The second-order valence-electron chi connectivity index (χ2n) is 6.12. The first-order valence-corrected chi connectivity index (χ1v) is 10.3. The minimum atomic E-state index is -3.04. The fourth-order valence-electron chi connectivity index (χ4n) is 2.60. The number of quaternary nitrogens is 1. The molecule has 1 fully saturated rings. The van der Waals surface area contributed by atoms with E-state index in [9.17, 15) is 18.0 Å². The summed E-state index contributed by atoms with van der Waals surface area (Å²) in [5, 5.41) is 5.99. The SMILES string of the molecule is C[NH+](CC(=O)Nc1c(Cl)cccc1Cl)CC(=O)N[C@H]1CCS(=O)(=O)C1. The summed E-state index contributed by atoms with van der Waals surface area (Å²) in [5.74, 6) is -0.544. The number of carbonyl (C=O) groups is 2. The number of amides is 2. The van der Waals surface area contributed by atoms with E-state index in [4.69, 9.17) is 23.2 Å². The monoisotopic (exact) mass is 408 g/mol. The van der Waals surface area contributed by atoms with Crippen molar-refractivity contribution in [3.63, 3.8) is 0 Å². The minimum Gasteiger partial charge on any atom is -0.347 e. The zero-order valence-corrected chi connectivity index (χ0v) is 16.0. The lowest BCUT2D eigenvalue weighted by Crippen LogP contribution is -3.11. The van der Waals surface area contributed by atoms with Crippen LogP contribution in [0, 0.1) is 0 Å². The predicted octanol–water partition coefficient (Wildman–Crippen LogP) is -0.250. The molecule has 0 aliphatic carbocycles. The van der Waals surface area contributed by atoms with Crippen molar-refractivity contribution < 1.29 is 22.9 Å². The zero-order chi connectivity index (χ0) is 18.6. The van der Waals surface area contributed by atoms with E-state index >= 15 is 0 Å². The molecule has 1 aromatic carbocycles. The average molecular weight is 409 g/mol. The third-order valence-corrected chi connectivity index (χ3v) is 6.15. The number of nitrogens with one attached hydrogen (secondary N) is 3. The van der Waals surface area contributed by atoms with E-state index in [0.717, 1.165) is 0 Å². The molecule has 1 saturated heterocycles. The predicted molar refractivity (Wildman–Crippen MR) is 96.9 cm³/mol. The quantitative estimate of drug-likeness (QED) is 0.604. The molecule has 25 heavy (non-hydrogen) atoms. The highest BCUT2D eigenvalue weighted by Crippen LogP contribution is 2.29. The second-order valence-corrected chi connectivity index (χ2v) is 9.17. The fourth-order valence-corrected chi connectivity index (χ4v) is 4.76. The van der Waals surface area contributed by atoms with Gasteiger partial charge >= 0.3 is 0 Å². The number of benzene rings is 1. The Kier molecular flexibility index (Phi) is 6.67. The van der Waals surface area contributed by atoms with Gasteiger partial charge in [-0.15, -0.1) is 0 Å². The van der Waals surface area contributed by atoms with Crippen molar-refractivity contribution in [3.8, 4) is 0 Å². The summed E-state index contributed by atoms with van der Waals surface area (Å²) in [5.41, 5.74) is 0.337. The molecule has 0 radical (unpaired) electrons. The summed E-state index contributed by atoms with van der Waals surface area (Å²) in [6.07, 6.45) is 0.429. The molecule has 0 aromatic heterocycles. The van der Waals surface area contributed by atoms with Gasteiger partial charge in [0.05, 0.1) is 34.3 Å². The molecule has 138 valence electrons. The molecule has 1 unspecified atom stereocenters. The highest BCUT2D eigenvalue weighted by molar-refractivity contribution is 7.91. The van der Waals surface area contributed by atoms with E-state index in [1.54, 1.807) is 25.2 Å². The molecule has 0 saturated carbocycles. The maximum Gasteiger partial charge on any atom is 0.279 e. The number of rotatable bonds is 6. The third-order valence-electron chi connectivity index (χ3n) is 3.75. The summed E-state index contributed by atoms with van der Waals surface area (Å²) >= 11 is 12.0. The Labute approximate surface area is 156 Å². The first-order chi connectivity index (χ1) is 11.7. The first kappa shape index (κ1) is 20.0. The molecule has 2 atom stereocenters. The van der Waals surface area contributed by atoms with Gasteiger partial charge in [0.2, 0.25) is 0 Å². The van der Waals surface area contributed by atoms with Gasteiger partial charge in [-0.1, -0.05) is 29.3 Å². The molecule has 0 bridgehead atoms. The minimum absolute atomic E-state index is 0.0245. The Morgan fingerprint density at radius 3 is 2.36 bits per heavy atom. The number of hydrogen-bond acceptors (Lipinski definition) is 4. The maximum atomic E-state index is 12.1. The van der Waals surface area contributed by atoms with Crippen LogP contribution < -0.4 is 15.5 Å². The van der Waals surface area contributed by atoms with Crippen LogP contribution in [-0.4, -0.2) is 57.9 Å². The molecule has 2 amide bonds. The Morgan fingerprint density at radius 2 is 1.80 bits per heavy atom. The molecule has 1 aliphatic rings. The van der Waals surface area contributed by atoms with E-state index in [-0.39, 0.29) is 42.5 Å². The van der Waals surface area contributed by atoms with Gasteiger partial charge in [-0.2, -0.15) is 0 Å². The molecule has 1 heterocycles. The van der Waals surface area contributed by atoms with Gasteiger partial charge in [-0.25, -0.2) is 8.42 Å². The van der Waals surface area contributed by atoms with Crippen LogP contribution in [0.5, 0.6) is 0 Å². The molecule has 1 aromatic rings. The molecule has 3 N–H and O–H groups in total. The van der Waals surface area contributed by atoms with Crippen molar-refractivity contribution in [1.29, 1.82) is 0 Å². The number of para-hydroxylation sites is 1. The van der Waals surface area contributed by atoms with Crippen LogP contribution >= 0.6 is 23.2 Å². The lowest BCUT2D eigenvalue weighted by molar-refractivity contribution is -0.862. The summed E-state index contributed by atoms with van der Waals surface area (Å²) in [4.78, 5) is 24.7. The van der Waals surface area contributed by atoms with E-state index in [0.29, 0.717) is 27.1 Å². The highest BCUT2D eigenvalue weighted by Gasteiger charge is 2.29. The number of sulfone groups is 1. The molecular weight excluding hydrogens is 389 g/mol. The average Bonchev–Trinajstić information content (AvgIpc) is 2.81. The van der Waals surface area contributed by atoms with Gasteiger partial charge < -0.3 is 15.5 Å². The molecule has 2 rings (SSSR count). The van der Waals surface area contributed by atoms with Crippen LogP contribution in [-0.2, 0) is 19.4 Å². The van der Waals surface area contributed by atoms with Crippen molar-refractivity contribution >= 4 is 50.5 Å². The maximum absolute atomic E-state index is 12.1. The van der Waals surface area contributed by atoms with Gasteiger partial charge in [0.15, 0.2) is 22.9 Å². The summed E-state index contributed by atoms with van der Waals surface area (Å²) in [7, 11) is -1.35. The van der Waals surface area contributed by atoms with Crippen LogP contribution in [0.25, 0.3) is 0 Å². The van der Waals surface area contributed by atoms with Crippen LogP contribution in [0.15, 0.2) is 18.2 Å². The molecule has 0 spiro atoms. The number of hydrogen-bond donors (Lipinski definition) is 3. The zero-order valence-electron chi connectivity index (χ0n) is 13.6. The number of halogens is 2. The van der Waals surface area contributed by atoms with E-state index in [1.807, 2.05) is 0 Å². The topological polar surface area (TPSA) is 96.8 Å². The largest absolute Gasteiger partial charge is 0.347 e. The second kappa shape index (κ2) is 8.35. The Bertz CT molecular complexity index is 750. The van der Waals surface area contributed by atoms with Crippen molar-refractivity contribution in [3.05, 3.63) is 28.2 Å². The van der Waals surface area contributed by atoms with Gasteiger partial charge in [-0.3, -0.25) is 9.59 Å². The molecule has 10 heteroatoms. The van der Waals surface area contributed by atoms with Gasteiger partial charge in [0.25, 0.3) is 11.8 Å². The normalized spacial score (nSPS) is 20.0. The van der Waals surface area contributed by atoms with Gasteiger partial charge in [-0.05, 0) is 18.6 Å². The molecule has 7 nitrogen and oxygen atoms in total. The summed E-state index contributed by atoms with van der Waals surface area (Å²) < 4.78 is 22.8. The van der Waals surface area contributed by atoms with E-state index in [1.165, 1.54) is 0 Å². The number of anilines is 1. The highest BCUT2D eigenvalue weighted by atomic mass is 35.5. The van der Waals surface area contributed by atoms with Crippen LogP contribution in [0.1, 0.15) is 6.42 Å². The van der Waals surface area contributed by atoms with Crippen molar-refractivity contribution in [2.45, 2.75) is 12.5 Å². The lowest BCUT2D eigenvalue weighted by atomic mass is 10.2. The van der Waals surface area contributed by atoms with Crippen molar-refractivity contribution in [2.75, 3.05) is 37.0 Å². The molecule has 1 aliphatic heterocycles. The van der Waals surface area contributed by atoms with E-state index < -0.39 is 9.84 Å². The Morgan fingerprint density at radius 1 is 1.20 bits per heavy atom. The summed E-state index contributed by atoms with van der Waals surface area (Å²) in [6, 6.07) is 4.55.